The molecule has 2 aromatic heterocycles. The fraction of sp³-hybridized carbons (Fsp3) is 0.167. The Kier molecular flexibility index (Phi) is 3.17. The molecule has 0 spiro atoms. The van der Waals surface area contributed by atoms with E-state index in [-0.39, 0.29) is 0 Å². The molecule has 0 radical (unpaired) electrons. The fourth-order valence-electron chi connectivity index (χ4n) is 1.65. The van der Waals surface area contributed by atoms with Crippen molar-refractivity contribution in [1.82, 2.24) is 10.2 Å². The number of anilines is 2. The number of thiophene rings is 1. The first-order valence-corrected chi connectivity index (χ1v) is 6.89. The number of rotatable bonds is 4. The first-order chi connectivity index (χ1) is 8.85. The molecule has 18 heavy (non-hydrogen) atoms. The van der Waals surface area contributed by atoms with Crippen LogP contribution in [0.3, 0.4) is 0 Å². The van der Waals surface area contributed by atoms with Crippen molar-refractivity contribution in [2.24, 2.45) is 0 Å². The number of alkyl halides is 1. The molecule has 4 nitrogen and oxygen atoms in total. The maximum absolute atomic E-state index is 5.61. The summed E-state index contributed by atoms with van der Waals surface area (Å²) in [6, 6.07) is 8.59. The predicted molar refractivity (Wildman–Crippen MR) is 73.8 cm³/mol. The number of fused-ring (bicyclic) bond motifs is 1. The molecule has 6 heteroatoms. The highest BCUT2D eigenvalue weighted by atomic mass is 35.5. The van der Waals surface area contributed by atoms with Crippen molar-refractivity contribution in [3.63, 3.8) is 0 Å². The summed E-state index contributed by atoms with van der Waals surface area (Å²) < 4.78 is 6.66. The van der Waals surface area contributed by atoms with E-state index in [4.69, 9.17) is 16.0 Å². The minimum Gasteiger partial charge on any atom is -0.408 e. The number of hydrogen-bond acceptors (Lipinski definition) is 5. The van der Waals surface area contributed by atoms with Gasteiger partial charge in [-0.25, -0.2) is 0 Å². The van der Waals surface area contributed by atoms with E-state index < -0.39 is 0 Å². The van der Waals surface area contributed by atoms with Crippen LogP contribution >= 0.6 is 22.9 Å². The molecule has 0 amide bonds. The Balaban J connectivity index is 1.81. The van der Waals surface area contributed by atoms with Gasteiger partial charge >= 0.3 is 6.01 Å². The highest BCUT2D eigenvalue weighted by molar-refractivity contribution is 7.17. The summed E-state index contributed by atoms with van der Waals surface area (Å²) in [6.07, 6.45) is 0.583. The maximum atomic E-state index is 5.61. The monoisotopic (exact) mass is 279 g/mol. The lowest BCUT2D eigenvalue weighted by molar-refractivity contribution is 0.516. The highest BCUT2D eigenvalue weighted by Crippen LogP contribution is 2.25. The molecule has 0 saturated carbocycles. The van der Waals surface area contributed by atoms with Gasteiger partial charge in [0.05, 0.1) is 0 Å². The number of aromatic nitrogens is 2. The molecule has 0 unspecified atom stereocenters. The Morgan fingerprint density at radius 1 is 1.28 bits per heavy atom. The largest absolute Gasteiger partial charge is 0.408 e. The molecule has 1 N–H and O–H groups in total. The minimum atomic E-state index is 0.393. The second-order valence-electron chi connectivity index (χ2n) is 3.74. The third-order valence-electron chi connectivity index (χ3n) is 2.48. The molecule has 0 saturated heterocycles. The zero-order valence-electron chi connectivity index (χ0n) is 9.39. The SMILES string of the molecule is ClCCc1nnc(Nc2ccc3sccc3c2)o1. The maximum Gasteiger partial charge on any atom is 0.320 e. The van der Waals surface area contributed by atoms with Crippen molar-refractivity contribution in [1.29, 1.82) is 0 Å². The molecule has 1 aromatic carbocycles. The van der Waals surface area contributed by atoms with E-state index in [1.807, 2.05) is 6.07 Å². The number of nitrogens with one attached hydrogen (secondary N) is 1. The Labute approximate surface area is 113 Å². The van der Waals surface area contributed by atoms with Crippen molar-refractivity contribution in [2.75, 3.05) is 11.2 Å². The van der Waals surface area contributed by atoms with Crippen LogP contribution < -0.4 is 5.32 Å². The molecule has 0 atom stereocenters. The van der Waals surface area contributed by atoms with E-state index in [1.54, 1.807) is 11.3 Å². The first-order valence-electron chi connectivity index (χ1n) is 5.48. The van der Waals surface area contributed by atoms with Crippen LogP contribution in [0.15, 0.2) is 34.1 Å². The van der Waals surface area contributed by atoms with Gasteiger partial charge in [-0.05, 0) is 35.0 Å². The number of hydrogen-bond donors (Lipinski definition) is 1. The average molecular weight is 280 g/mol. The van der Waals surface area contributed by atoms with Crippen LogP contribution in [0.25, 0.3) is 10.1 Å². The van der Waals surface area contributed by atoms with E-state index in [9.17, 15) is 0 Å². The van der Waals surface area contributed by atoms with E-state index in [1.165, 1.54) is 10.1 Å². The second-order valence-corrected chi connectivity index (χ2v) is 5.06. The lowest BCUT2D eigenvalue weighted by Gasteiger charge is -2.00. The summed E-state index contributed by atoms with van der Waals surface area (Å²) in [6.45, 7) is 0. The van der Waals surface area contributed by atoms with Crippen LogP contribution in [-0.4, -0.2) is 16.1 Å². The van der Waals surface area contributed by atoms with Crippen molar-refractivity contribution >= 4 is 44.7 Å². The average Bonchev–Trinajstić information content (AvgIpc) is 2.98. The first kappa shape index (κ1) is 11.5. The third-order valence-corrected chi connectivity index (χ3v) is 3.57. The molecule has 2 heterocycles. The molecule has 0 fully saturated rings. The van der Waals surface area contributed by atoms with Crippen LogP contribution in [-0.2, 0) is 6.42 Å². The summed E-state index contributed by atoms with van der Waals surface area (Å²) in [7, 11) is 0. The minimum absolute atomic E-state index is 0.393. The summed E-state index contributed by atoms with van der Waals surface area (Å²) in [4.78, 5) is 0. The van der Waals surface area contributed by atoms with Gasteiger partial charge in [0.2, 0.25) is 5.89 Å². The third kappa shape index (κ3) is 2.32. The topological polar surface area (TPSA) is 51.0 Å². The van der Waals surface area contributed by atoms with Crippen LogP contribution in [0, 0.1) is 0 Å². The van der Waals surface area contributed by atoms with Crippen LogP contribution in [0.5, 0.6) is 0 Å². The molecule has 3 rings (SSSR count). The van der Waals surface area contributed by atoms with E-state index in [0.717, 1.165) is 5.69 Å². The van der Waals surface area contributed by atoms with Gasteiger partial charge < -0.3 is 9.73 Å². The van der Waals surface area contributed by atoms with Crippen LogP contribution in [0.1, 0.15) is 5.89 Å². The summed E-state index contributed by atoms with van der Waals surface area (Å²) >= 11 is 7.33. The lowest BCUT2D eigenvalue weighted by Crippen LogP contribution is -1.89. The quantitative estimate of drug-likeness (QED) is 0.738. The molecular weight excluding hydrogens is 270 g/mol. The standard InChI is InChI=1S/C12H10ClN3OS/c13-5-3-11-15-16-12(17-11)14-9-1-2-10-8(7-9)4-6-18-10/h1-2,4,6-7H,3,5H2,(H,14,16). The predicted octanol–water partition coefficient (Wildman–Crippen LogP) is 3.81. The fourth-order valence-corrected chi connectivity index (χ4v) is 2.59. The number of benzene rings is 1. The smallest absolute Gasteiger partial charge is 0.320 e. The normalized spacial score (nSPS) is 10.9. The summed E-state index contributed by atoms with van der Waals surface area (Å²) in [5, 5.41) is 14.2. The van der Waals surface area contributed by atoms with Crippen LogP contribution in [0.4, 0.5) is 11.7 Å². The van der Waals surface area contributed by atoms with Gasteiger partial charge in [-0.1, -0.05) is 5.10 Å². The van der Waals surface area contributed by atoms with Gasteiger partial charge in [-0.2, -0.15) is 0 Å². The molecule has 0 bridgehead atoms. The number of nitrogens with zero attached hydrogens (tertiary/aromatic N) is 2. The Morgan fingerprint density at radius 3 is 3.11 bits per heavy atom. The Bertz CT molecular complexity index is 664. The molecule has 0 aliphatic carbocycles. The van der Waals surface area contributed by atoms with Gasteiger partial charge in [0.25, 0.3) is 0 Å². The zero-order valence-corrected chi connectivity index (χ0v) is 11.0. The van der Waals surface area contributed by atoms with Gasteiger partial charge in [0.1, 0.15) is 0 Å². The lowest BCUT2D eigenvalue weighted by atomic mass is 10.2. The Hall–Kier alpha value is -1.59. The molecule has 3 aromatic rings. The summed E-state index contributed by atoms with van der Waals surface area (Å²) in [5.41, 5.74) is 0.932. The zero-order chi connectivity index (χ0) is 12.4. The van der Waals surface area contributed by atoms with Crippen molar-refractivity contribution in [3.05, 3.63) is 35.5 Å². The van der Waals surface area contributed by atoms with Crippen molar-refractivity contribution in [2.45, 2.75) is 6.42 Å². The highest BCUT2D eigenvalue weighted by Gasteiger charge is 2.06. The Morgan fingerprint density at radius 2 is 2.22 bits per heavy atom. The number of halogens is 1. The van der Waals surface area contributed by atoms with Gasteiger partial charge in [-0.3, -0.25) is 0 Å². The van der Waals surface area contributed by atoms with Gasteiger partial charge in [-0.15, -0.1) is 28.0 Å². The van der Waals surface area contributed by atoms with E-state index in [2.05, 4.69) is 39.1 Å². The summed E-state index contributed by atoms with van der Waals surface area (Å²) in [5.74, 6) is 1.02. The number of aryl methyl sites for hydroxylation is 1. The molecule has 92 valence electrons. The van der Waals surface area contributed by atoms with Gasteiger partial charge in [0.15, 0.2) is 0 Å². The van der Waals surface area contributed by atoms with E-state index in [0.29, 0.717) is 24.2 Å². The molecular formula is C12H10ClN3OS. The second kappa shape index (κ2) is 4.96. The molecule has 0 aliphatic heterocycles. The van der Waals surface area contributed by atoms with Crippen molar-refractivity contribution < 1.29 is 4.42 Å². The van der Waals surface area contributed by atoms with Crippen LogP contribution in [0.2, 0.25) is 0 Å². The van der Waals surface area contributed by atoms with Crippen molar-refractivity contribution in [3.8, 4) is 0 Å². The van der Waals surface area contributed by atoms with E-state index >= 15 is 0 Å². The molecule has 0 aliphatic rings. The van der Waals surface area contributed by atoms with Gasteiger partial charge in [0, 0.05) is 22.7 Å².